The lowest BCUT2D eigenvalue weighted by Gasteiger charge is -2.19. The molecule has 0 saturated heterocycles. The van der Waals surface area contributed by atoms with Gasteiger partial charge in [-0.05, 0) is 19.4 Å². The Bertz CT molecular complexity index is 392. The standard InChI is InChI=1S/C13H16BrNO2/c1-3-17-12(16)13(2,10-14)15-9-11-7-5-4-6-8-11/h4-9H,3,10H2,1-2H3. The van der Waals surface area contributed by atoms with E-state index in [-0.39, 0.29) is 5.97 Å². The van der Waals surface area contributed by atoms with Crippen LogP contribution in [-0.2, 0) is 9.53 Å². The highest BCUT2D eigenvalue weighted by Gasteiger charge is 2.32. The molecular weight excluding hydrogens is 282 g/mol. The molecule has 0 saturated carbocycles. The van der Waals surface area contributed by atoms with Crippen molar-refractivity contribution in [1.82, 2.24) is 0 Å². The van der Waals surface area contributed by atoms with Crippen molar-refractivity contribution >= 4 is 28.1 Å². The van der Waals surface area contributed by atoms with Crippen molar-refractivity contribution in [3.05, 3.63) is 35.9 Å². The summed E-state index contributed by atoms with van der Waals surface area (Å²) in [7, 11) is 0. The molecule has 0 aliphatic rings. The van der Waals surface area contributed by atoms with E-state index >= 15 is 0 Å². The number of halogens is 1. The summed E-state index contributed by atoms with van der Waals surface area (Å²) in [5.41, 5.74) is 0.0928. The Morgan fingerprint density at radius 1 is 1.47 bits per heavy atom. The summed E-state index contributed by atoms with van der Waals surface area (Å²) in [6, 6.07) is 9.66. The van der Waals surface area contributed by atoms with Gasteiger partial charge in [0.05, 0.1) is 6.61 Å². The van der Waals surface area contributed by atoms with Crippen LogP contribution in [0.15, 0.2) is 35.3 Å². The second-order valence-corrected chi connectivity index (χ2v) is 4.36. The number of aliphatic imine (C=N–C) groups is 1. The summed E-state index contributed by atoms with van der Waals surface area (Å²) >= 11 is 3.30. The van der Waals surface area contributed by atoms with Crippen LogP contribution in [0.25, 0.3) is 0 Å². The number of ether oxygens (including phenoxy) is 1. The fourth-order valence-corrected chi connectivity index (χ4v) is 1.56. The van der Waals surface area contributed by atoms with Crippen LogP contribution in [0.5, 0.6) is 0 Å². The molecule has 1 aromatic carbocycles. The first-order valence-corrected chi connectivity index (χ1v) is 6.58. The van der Waals surface area contributed by atoms with Crippen LogP contribution in [-0.4, -0.2) is 29.7 Å². The highest BCUT2D eigenvalue weighted by molar-refractivity contribution is 9.09. The van der Waals surface area contributed by atoms with Crippen molar-refractivity contribution in [3.8, 4) is 0 Å². The van der Waals surface area contributed by atoms with Crippen molar-refractivity contribution < 1.29 is 9.53 Å². The van der Waals surface area contributed by atoms with Crippen LogP contribution in [0.1, 0.15) is 19.4 Å². The van der Waals surface area contributed by atoms with E-state index < -0.39 is 5.54 Å². The lowest BCUT2D eigenvalue weighted by atomic mass is 10.1. The topological polar surface area (TPSA) is 38.7 Å². The number of rotatable bonds is 5. The average molecular weight is 298 g/mol. The minimum absolute atomic E-state index is 0.316. The third-order valence-electron chi connectivity index (χ3n) is 2.27. The number of hydrogen-bond acceptors (Lipinski definition) is 3. The SMILES string of the molecule is CCOC(=O)C(C)(CBr)N=Cc1ccccc1. The molecule has 0 radical (unpaired) electrons. The summed E-state index contributed by atoms with van der Waals surface area (Å²) in [5.74, 6) is -0.316. The molecule has 1 unspecified atom stereocenters. The minimum Gasteiger partial charge on any atom is -0.464 e. The summed E-state index contributed by atoms with van der Waals surface area (Å²) < 4.78 is 5.00. The van der Waals surface area contributed by atoms with Gasteiger partial charge >= 0.3 is 5.97 Å². The molecule has 3 nitrogen and oxygen atoms in total. The van der Waals surface area contributed by atoms with Crippen molar-refractivity contribution in [2.24, 2.45) is 4.99 Å². The van der Waals surface area contributed by atoms with Gasteiger partial charge in [-0.1, -0.05) is 46.3 Å². The first kappa shape index (κ1) is 13.9. The molecule has 1 atom stereocenters. The molecule has 0 N–H and O–H groups in total. The van der Waals surface area contributed by atoms with Gasteiger partial charge in [-0.3, -0.25) is 4.99 Å². The lowest BCUT2D eigenvalue weighted by molar-refractivity contribution is -0.147. The van der Waals surface area contributed by atoms with Gasteiger partial charge in [-0.25, -0.2) is 4.79 Å². The molecule has 0 fully saturated rings. The smallest absolute Gasteiger partial charge is 0.334 e. The van der Waals surface area contributed by atoms with E-state index in [1.54, 1.807) is 20.1 Å². The second-order valence-electron chi connectivity index (χ2n) is 3.80. The number of nitrogens with zero attached hydrogens (tertiary/aromatic N) is 1. The molecule has 0 heterocycles. The van der Waals surface area contributed by atoms with E-state index in [1.165, 1.54) is 0 Å². The molecule has 0 spiro atoms. The number of carbonyl (C=O) groups excluding carboxylic acids is 1. The molecule has 17 heavy (non-hydrogen) atoms. The van der Waals surface area contributed by atoms with Crippen LogP contribution < -0.4 is 0 Å². The molecule has 0 aromatic heterocycles. The highest BCUT2D eigenvalue weighted by Crippen LogP contribution is 2.16. The van der Waals surface area contributed by atoms with Crippen molar-refractivity contribution in [3.63, 3.8) is 0 Å². The Balaban J connectivity index is 2.82. The van der Waals surface area contributed by atoms with Crippen LogP contribution in [0.3, 0.4) is 0 Å². The van der Waals surface area contributed by atoms with Gasteiger partial charge in [-0.15, -0.1) is 0 Å². The van der Waals surface area contributed by atoms with Crippen LogP contribution in [0, 0.1) is 0 Å². The fraction of sp³-hybridized carbons (Fsp3) is 0.385. The summed E-state index contributed by atoms with van der Waals surface area (Å²) in [6.07, 6.45) is 1.69. The number of alkyl halides is 1. The Morgan fingerprint density at radius 3 is 2.65 bits per heavy atom. The Hall–Kier alpha value is -1.16. The van der Waals surface area contributed by atoms with Crippen LogP contribution >= 0.6 is 15.9 Å². The molecule has 0 aliphatic carbocycles. The van der Waals surface area contributed by atoms with E-state index in [0.717, 1.165) is 5.56 Å². The maximum atomic E-state index is 11.8. The third kappa shape index (κ3) is 3.97. The fourth-order valence-electron chi connectivity index (χ4n) is 1.18. The summed E-state index contributed by atoms with van der Waals surface area (Å²) in [5, 5.41) is 0.433. The molecule has 0 bridgehead atoms. The van der Waals surface area contributed by atoms with Gasteiger partial charge < -0.3 is 4.74 Å². The molecule has 4 heteroatoms. The van der Waals surface area contributed by atoms with Crippen molar-refractivity contribution in [2.45, 2.75) is 19.4 Å². The van der Waals surface area contributed by atoms with Crippen molar-refractivity contribution in [1.29, 1.82) is 0 Å². The second kappa shape index (κ2) is 6.55. The number of esters is 1. The molecule has 0 aliphatic heterocycles. The molecular formula is C13H16BrNO2. The third-order valence-corrected chi connectivity index (χ3v) is 3.37. The maximum absolute atomic E-state index is 11.8. The maximum Gasteiger partial charge on any atom is 0.334 e. The first-order chi connectivity index (χ1) is 8.12. The van der Waals surface area contributed by atoms with E-state index in [2.05, 4.69) is 20.9 Å². The van der Waals surface area contributed by atoms with Gasteiger partial charge in [0.2, 0.25) is 0 Å². The molecule has 1 rings (SSSR count). The normalized spacial score (nSPS) is 14.5. The molecule has 0 amide bonds. The number of benzene rings is 1. The lowest BCUT2D eigenvalue weighted by Crippen LogP contribution is -2.37. The Kier molecular flexibility index (Phi) is 5.35. The van der Waals surface area contributed by atoms with Gasteiger partial charge in [0, 0.05) is 11.5 Å². The Morgan fingerprint density at radius 2 is 2.12 bits per heavy atom. The zero-order chi connectivity index (χ0) is 12.7. The van der Waals surface area contributed by atoms with Crippen LogP contribution in [0.2, 0.25) is 0 Å². The van der Waals surface area contributed by atoms with Crippen molar-refractivity contribution in [2.75, 3.05) is 11.9 Å². The van der Waals surface area contributed by atoms with E-state index in [1.807, 2.05) is 30.3 Å². The van der Waals surface area contributed by atoms with Gasteiger partial charge in [-0.2, -0.15) is 0 Å². The van der Waals surface area contributed by atoms with Gasteiger partial charge in [0.1, 0.15) is 0 Å². The molecule has 92 valence electrons. The quantitative estimate of drug-likeness (QED) is 0.476. The molecule has 1 aromatic rings. The minimum atomic E-state index is -0.869. The summed E-state index contributed by atoms with van der Waals surface area (Å²) in [6.45, 7) is 3.90. The zero-order valence-electron chi connectivity index (χ0n) is 10.0. The van der Waals surface area contributed by atoms with E-state index in [0.29, 0.717) is 11.9 Å². The Labute approximate surface area is 110 Å². The largest absolute Gasteiger partial charge is 0.464 e. The first-order valence-electron chi connectivity index (χ1n) is 5.46. The monoisotopic (exact) mass is 297 g/mol. The number of hydrogen-bond donors (Lipinski definition) is 0. The highest BCUT2D eigenvalue weighted by atomic mass is 79.9. The van der Waals surface area contributed by atoms with E-state index in [4.69, 9.17) is 4.74 Å². The van der Waals surface area contributed by atoms with Gasteiger partial charge in [0.25, 0.3) is 0 Å². The number of carbonyl (C=O) groups is 1. The predicted octanol–water partition coefficient (Wildman–Crippen LogP) is 2.82. The predicted molar refractivity (Wildman–Crippen MR) is 72.9 cm³/mol. The summed E-state index contributed by atoms with van der Waals surface area (Å²) in [4.78, 5) is 16.1. The van der Waals surface area contributed by atoms with E-state index in [9.17, 15) is 4.79 Å². The van der Waals surface area contributed by atoms with Gasteiger partial charge in [0.15, 0.2) is 5.54 Å². The average Bonchev–Trinajstić information content (AvgIpc) is 2.37. The van der Waals surface area contributed by atoms with Crippen LogP contribution in [0.4, 0.5) is 0 Å². The zero-order valence-corrected chi connectivity index (χ0v) is 11.6.